The molecule has 1 rings (SSSR count). The zero-order valence-corrected chi connectivity index (χ0v) is 11.2. The SMILES string of the molecule is COC(=O)c1nc(C)n(CCNS(C)(=O)=O)c1N. The molecule has 3 N–H and O–H groups in total. The molecule has 1 aromatic heterocycles. The first-order valence-electron chi connectivity index (χ1n) is 5.12. The van der Waals surface area contributed by atoms with Crippen molar-refractivity contribution in [1.29, 1.82) is 0 Å². The van der Waals surface area contributed by atoms with Crippen molar-refractivity contribution in [3.63, 3.8) is 0 Å². The number of hydrogen-bond donors (Lipinski definition) is 2. The van der Waals surface area contributed by atoms with Crippen LogP contribution < -0.4 is 10.5 Å². The van der Waals surface area contributed by atoms with Crippen LogP contribution in [0.4, 0.5) is 5.82 Å². The Morgan fingerprint density at radius 1 is 1.56 bits per heavy atom. The van der Waals surface area contributed by atoms with E-state index in [-0.39, 0.29) is 24.6 Å². The van der Waals surface area contributed by atoms with Crippen molar-refractivity contribution in [3.05, 3.63) is 11.5 Å². The summed E-state index contributed by atoms with van der Waals surface area (Å²) in [7, 11) is -2.01. The van der Waals surface area contributed by atoms with E-state index in [2.05, 4.69) is 14.4 Å². The lowest BCUT2D eigenvalue weighted by atomic mass is 10.4. The van der Waals surface area contributed by atoms with Gasteiger partial charge in [0.15, 0.2) is 5.69 Å². The van der Waals surface area contributed by atoms with Crippen LogP contribution in [0.5, 0.6) is 0 Å². The number of nitrogen functional groups attached to an aromatic ring is 1. The molecule has 102 valence electrons. The fraction of sp³-hybridized carbons (Fsp3) is 0.556. The number of imidazole rings is 1. The van der Waals surface area contributed by atoms with Crippen LogP contribution in [-0.2, 0) is 21.3 Å². The van der Waals surface area contributed by atoms with E-state index in [1.807, 2.05) is 0 Å². The molecule has 0 aliphatic heterocycles. The van der Waals surface area contributed by atoms with Gasteiger partial charge < -0.3 is 15.0 Å². The number of carbonyl (C=O) groups excluding carboxylic acids is 1. The van der Waals surface area contributed by atoms with Crippen LogP contribution in [0, 0.1) is 6.92 Å². The number of nitrogens with two attached hydrogens (primary N) is 1. The molecule has 0 spiro atoms. The molecule has 0 aliphatic carbocycles. The molecule has 0 saturated heterocycles. The average molecular weight is 276 g/mol. The predicted octanol–water partition coefficient (Wildman–Crippen LogP) is -0.890. The summed E-state index contributed by atoms with van der Waals surface area (Å²) >= 11 is 0. The Labute approximate surface area is 105 Å². The minimum atomic E-state index is -3.25. The first kappa shape index (κ1) is 14.5. The molecular formula is C9H16N4O4S. The van der Waals surface area contributed by atoms with Gasteiger partial charge in [-0.25, -0.2) is 22.9 Å². The summed E-state index contributed by atoms with van der Waals surface area (Å²) in [6, 6.07) is 0. The van der Waals surface area contributed by atoms with Crippen molar-refractivity contribution in [2.45, 2.75) is 13.5 Å². The van der Waals surface area contributed by atoms with Gasteiger partial charge in [0, 0.05) is 13.1 Å². The minimum absolute atomic E-state index is 0.0364. The van der Waals surface area contributed by atoms with E-state index >= 15 is 0 Å². The lowest BCUT2D eigenvalue weighted by Crippen LogP contribution is -2.26. The number of ether oxygens (including phenoxy) is 1. The zero-order valence-electron chi connectivity index (χ0n) is 10.4. The van der Waals surface area contributed by atoms with Crippen molar-refractivity contribution in [2.24, 2.45) is 0 Å². The van der Waals surface area contributed by atoms with Crippen molar-refractivity contribution in [1.82, 2.24) is 14.3 Å². The molecule has 0 aromatic carbocycles. The van der Waals surface area contributed by atoms with Crippen LogP contribution >= 0.6 is 0 Å². The number of sulfonamides is 1. The molecule has 0 bridgehead atoms. The standard InChI is InChI=1S/C9H16N4O4S/c1-6-12-7(9(14)17-2)8(10)13(6)5-4-11-18(3,15)16/h11H,4-5,10H2,1-3H3. The van der Waals surface area contributed by atoms with E-state index in [0.717, 1.165) is 6.26 Å². The van der Waals surface area contributed by atoms with Crippen LogP contribution in [0.25, 0.3) is 0 Å². The van der Waals surface area contributed by atoms with Gasteiger partial charge >= 0.3 is 5.97 Å². The van der Waals surface area contributed by atoms with Crippen molar-refractivity contribution in [3.8, 4) is 0 Å². The van der Waals surface area contributed by atoms with Gasteiger partial charge in [-0.2, -0.15) is 0 Å². The van der Waals surface area contributed by atoms with Crippen molar-refractivity contribution >= 4 is 21.8 Å². The smallest absolute Gasteiger partial charge is 0.360 e. The predicted molar refractivity (Wildman–Crippen MR) is 65.6 cm³/mol. The number of hydrogen-bond acceptors (Lipinski definition) is 6. The Bertz CT molecular complexity index is 549. The normalized spacial score (nSPS) is 11.5. The largest absolute Gasteiger partial charge is 0.464 e. The molecule has 0 unspecified atom stereocenters. The Morgan fingerprint density at radius 3 is 2.67 bits per heavy atom. The summed E-state index contributed by atoms with van der Waals surface area (Å²) in [6.45, 7) is 2.12. The van der Waals surface area contributed by atoms with Gasteiger partial charge in [-0.05, 0) is 6.92 Å². The summed E-state index contributed by atoms with van der Waals surface area (Å²) < 4.78 is 30.2. The molecule has 18 heavy (non-hydrogen) atoms. The minimum Gasteiger partial charge on any atom is -0.464 e. The monoisotopic (exact) mass is 276 g/mol. The van der Waals surface area contributed by atoms with Gasteiger partial charge in [0.25, 0.3) is 0 Å². The molecule has 0 saturated carbocycles. The molecular weight excluding hydrogens is 260 g/mol. The zero-order chi connectivity index (χ0) is 13.9. The fourth-order valence-corrected chi connectivity index (χ4v) is 1.92. The molecule has 8 nitrogen and oxygen atoms in total. The highest BCUT2D eigenvalue weighted by atomic mass is 32.2. The van der Waals surface area contributed by atoms with Gasteiger partial charge in [-0.15, -0.1) is 0 Å². The highest BCUT2D eigenvalue weighted by Gasteiger charge is 2.18. The second-order valence-electron chi connectivity index (χ2n) is 3.70. The van der Waals surface area contributed by atoms with Crippen LogP contribution in [0.1, 0.15) is 16.3 Å². The summed E-state index contributed by atoms with van der Waals surface area (Å²) in [6.07, 6.45) is 1.07. The molecule has 0 radical (unpaired) electrons. The van der Waals surface area contributed by atoms with Gasteiger partial charge in [0.05, 0.1) is 13.4 Å². The summed E-state index contributed by atoms with van der Waals surface area (Å²) in [5.74, 6) is 0.0586. The molecule has 0 fully saturated rings. The quantitative estimate of drug-likeness (QED) is 0.674. The summed E-state index contributed by atoms with van der Waals surface area (Å²) in [5.41, 5.74) is 5.79. The first-order valence-corrected chi connectivity index (χ1v) is 7.01. The van der Waals surface area contributed by atoms with E-state index < -0.39 is 16.0 Å². The van der Waals surface area contributed by atoms with Crippen LogP contribution in [0.3, 0.4) is 0 Å². The van der Waals surface area contributed by atoms with Gasteiger partial charge in [0.2, 0.25) is 10.0 Å². The van der Waals surface area contributed by atoms with Crippen LogP contribution in [0.15, 0.2) is 0 Å². The third-order valence-corrected chi connectivity index (χ3v) is 3.00. The van der Waals surface area contributed by atoms with Gasteiger partial charge in [0.1, 0.15) is 11.6 Å². The summed E-state index contributed by atoms with van der Waals surface area (Å²) in [5, 5.41) is 0. The molecule has 9 heteroatoms. The number of esters is 1. The highest BCUT2D eigenvalue weighted by Crippen LogP contribution is 2.14. The van der Waals surface area contributed by atoms with E-state index in [1.165, 1.54) is 7.11 Å². The van der Waals surface area contributed by atoms with Gasteiger partial charge in [-0.1, -0.05) is 0 Å². The third-order valence-electron chi connectivity index (χ3n) is 2.28. The molecule has 0 amide bonds. The number of aryl methyl sites for hydroxylation is 1. The average Bonchev–Trinajstić information content (AvgIpc) is 2.54. The number of aromatic nitrogens is 2. The Balaban J connectivity index is 2.84. The maximum atomic E-state index is 11.3. The maximum Gasteiger partial charge on any atom is 0.360 e. The highest BCUT2D eigenvalue weighted by molar-refractivity contribution is 7.88. The number of methoxy groups -OCH3 is 1. The second-order valence-corrected chi connectivity index (χ2v) is 5.54. The number of rotatable bonds is 5. The number of nitrogens with one attached hydrogen (secondary N) is 1. The number of anilines is 1. The molecule has 0 atom stereocenters. The van der Waals surface area contributed by atoms with Crippen molar-refractivity contribution < 1.29 is 17.9 Å². The lowest BCUT2D eigenvalue weighted by molar-refractivity contribution is 0.0595. The van der Waals surface area contributed by atoms with E-state index in [9.17, 15) is 13.2 Å². The summed E-state index contributed by atoms with van der Waals surface area (Å²) in [4.78, 5) is 15.3. The molecule has 1 aromatic rings. The third kappa shape index (κ3) is 3.44. The lowest BCUT2D eigenvalue weighted by Gasteiger charge is -2.07. The maximum absolute atomic E-state index is 11.3. The Morgan fingerprint density at radius 2 is 2.17 bits per heavy atom. The van der Waals surface area contributed by atoms with Gasteiger partial charge in [-0.3, -0.25) is 0 Å². The topological polar surface area (TPSA) is 116 Å². The second kappa shape index (κ2) is 5.36. The van der Waals surface area contributed by atoms with Crippen molar-refractivity contribution in [2.75, 3.05) is 25.6 Å². The fourth-order valence-electron chi connectivity index (χ4n) is 1.45. The van der Waals surface area contributed by atoms with E-state index in [4.69, 9.17) is 5.73 Å². The Kier molecular flexibility index (Phi) is 4.30. The molecule has 0 aliphatic rings. The van der Waals surface area contributed by atoms with E-state index in [1.54, 1.807) is 11.5 Å². The van der Waals surface area contributed by atoms with Crippen LogP contribution in [-0.4, -0.2) is 43.8 Å². The Hall–Kier alpha value is -1.61. The van der Waals surface area contributed by atoms with E-state index in [0.29, 0.717) is 5.82 Å². The van der Waals surface area contributed by atoms with Crippen LogP contribution in [0.2, 0.25) is 0 Å². The molecule has 1 heterocycles. The number of carbonyl (C=O) groups is 1. The number of nitrogens with zero attached hydrogens (tertiary/aromatic N) is 2. The first-order chi connectivity index (χ1) is 8.26.